The van der Waals surface area contributed by atoms with Gasteiger partial charge in [0.25, 0.3) is 0 Å². The second-order valence-electron chi connectivity index (χ2n) is 3.94. The van der Waals surface area contributed by atoms with E-state index in [1.165, 1.54) is 0 Å². The van der Waals surface area contributed by atoms with Crippen LogP contribution in [0, 0.1) is 0 Å². The molecule has 2 N–H and O–H groups in total. The van der Waals surface area contributed by atoms with Gasteiger partial charge in [-0.25, -0.2) is 0 Å². The van der Waals surface area contributed by atoms with Gasteiger partial charge in [0.1, 0.15) is 0 Å². The quantitative estimate of drug-likeness (QED) is 0.678. The lowest BCUT2D eigenvalue weighted by Crippen LogP contribution is -2.29. The molecule has 6 heteroatoms. The smallest absolute Gasteiger partial charge is 0.317 e. The fourth-order valence-corrected chi connectivity index (χ4v) is 1.69. The van der Waals surface area contributed by atoms with Crippen LogP contribution in [0.5, 0.6) is 0 Å². The van der Waals surface area contributed by atoms with Crippen molar-refractivity contribution in [1.29, 1.82) is 0 Å². The Hall–Kier alpha value is -1.40. The predicted octanol–water partition coefficient (Wildman–Crippen LogP) is 0.172. The zero-order valence-electron chi connectivity index (χ0n) is 10.0. The van der Waals surface area contributed by atoms with Gasteiger partial charge in [-0.1, -0.05) is 6.92 Å². The third-order valence-electron chi connectivity index (χ3n) is 2.32. The number of nitrogens with zero attached hydrogens (tertiary/aromatic N) is 3. The van der Waals surface area contributed by atoms with E-state index < -0.39 is 5.97 Å². The third-order valence-corrected chi connectivity index (χ3v) is 2.32. The molecule has 0 spiro atoms. The van der Waals surface area contributed by atoms with Crippen LogP contribution in [-0.4, -0.2) is 50.6 Å². The average Bonchev–Trinajstić information content (AvgIpc) is 2.65. The first kappa shape index (κ1) is 13.7. The van der Waals surface area contributed by atoms with Crippen LogP contribution in [0.4, 0.5) is 0 Å². The number of carbonyl (C=O) groups is 1. The molecule has 0 amide bonds. The summed E-state index contributed by atoms with van der Waals surface area (Å²) < 4.78 is 1.65. The lowest BCUT2D eigenvalue weighted by atomic mass is 10.3. The molecular weight excluding hydrogens is 222 g/mol. The van der Waals surface area contributed by atoms with Crippen LogP contribution in [0.15, 0.2) is 12.4 Å². The Balaban J connectivity index is 2.55. The van der Waals surface area contributed by atoms with Gasteiger partial charge in [-0.3, -0.25) is 14.4 Å². The maximum atomic E-state index is 10.7. The van der Waals surface area contributed by atoms with Crippen LogP contribution in [0.25, 0.3) is 0 Å². The number of aromatic nitrogens is 2. The molecule has 0 aromatic carbocycles. The molecule has 1 aromatic heterocycles. The molecule has 0 unspecified atom stereocenters. The second-order valence-corrected chi connectivity index (χ2v) is 3.94. The largest absolute Gasteiger partial charge is 0.480 e. The van der Waals surface area contributed by atoms with Crippen molar-refractivity contribution in [2.45, 2.75) is 26.4 Å². The van der Waals surface area contributed by atoms with Crippen LogP contribution in [0.2, 0.25) is 0 Å². The van der Waals surface area contributed by atoms with Crippen LogP contribution in [-0.2, 0) is 17.9 Å². The minimum Gasteiger partial charge on any atom is -0.480 e. The molecule has 0 atom stereocenters. The van der Waals surface area contributed by atoms with Crippen molar-refractivity contribution in [3.8, 4) is 0 Å². The molecule has 0 bridgehead atoms. The monoisotopic (exact) mass is 241 g/mol. The Kier molecular flexibility index (Phi) is 5.65. The van der Waals surface area contributed by atoms with Crippen molar-refractivity contribution >= 4 is 5.97 Å². The van der Waals surface area contributed by atoms with Crippen molar-refractivity contribution in [1.82, 2.24) is 14.7 Å². The van der Waals surface area contributed by atoms with Crippen molar-refractivity contribution in [2.75, 3.05) is 19.7 Å². The van der Waals surface area contributed by atoms with E-state index in [4.69, 9.17) is 10.2 Å². The normalized spacial score (nSPS) is 11.0. The number of aliphatic carboxylic acids is 1. The highest BCUT2D eigenvalue weighted by atomic mass is 16.4. The van der Waals surface area contributed by atoms with E-state index in [-0.39, 0.29) is 13.2 Å². The highest BCUT2D eigenvalue weighted by Gasteiger charge is 2.10. The van der Waals surface area contributed by atoms with Gasteiger partial charge in [-0.05, 0) is 13.0 Å². The minimum atomic E-state index is -0.818. The van der Waals surface area contributed by atoms with E-state index in [0.717, 1.165) is 18.5 Å². The highest BCUT2D eigenvalue weighted by molar-refractivity contribution is 5.69. The van der Waals surface area contributed by atoms with Crippen molar-refractivity contribution in [3.63, 3.8) is 0 Å². The molecule has 0 aliphatic rings. The molecule has 0 saturated heterocycles. The van der Waals surface area contributed by atoms with Gasteiger partial charge in [0.2, 0.25) is 0 Å². The standard InChI is InChI=1S/C11H19N3O3/c1-2-3-13(9-11(16)17)7-10-6-12-14(8-10)4-5-15/h6,8,15H,2-5,7,9H2,1H3,(H,16,17). The number of carboxylic acids is 1. The van der Waals surface area contributed by atoms with Crippen LogP contribution < -0.4 is 0 Å². The van der Waals surface area contributed by atoms with Gasteiger partial charge in [0, 0.05) is 18.3 Å². The van der Waals surface area contributed by atoms with Crippen molar-refractivity contribution < 1.29 is 15.0 Å². The molecule has 17 heavy (non-hydrogen) atoms. The van der Waals surface area contributed by atoms with Crippen LogP contribution in [0.3, 0.4) is 0 Å². The number of carboxylic acid groups (broad SMARTS) is 1. The number of hydrogen-bond acceptors (Lipinski definition) is 4. The first-order valence-corrected chi connectivity index (χ1v) is 5.72. The molecule has 1 rings (SSSR count). The number of aliphatic hydroxyl groups excluding tert-OH is 1. The molecule has 1 aromatic rings. The van der Waals surface area contributed by atoms with E-state index in [1.54, 1.807) is 10.9 Å². The molecule has 0 aliphatic heterocycles. The lowest BCUT2D eigenvalue weighted by Gasteiger charge is -2.18. The van der Waals surface area contributed by atoms with Crippen molar-refractivity contribution in [3.05, 3.63) is 18.0 Å². The molecule has 6 nitrogen and oxygen atoms in total. The average molecular weight is 241 g/mol. The molecule has 1 heterocycles. The van der Waals surface area contributed by atoms with Gasteiger partial charge in [-0.2, -0.15) is 5.10 Å². The molecular formula is C11H19N3O3. The molecule has 0 fully saturated rings. The van der Waals surface area contributed by atoms with Gasteiger partial charge < -0.3 is 10.2 Å². The van der Waals surface area contributed by atoms with E-state index in [0.29, 0.717) is 13.1 Å². The van der Waals surface area contributed by atoms with Gasteiger partial charge in [0.15, 0.2) is 0 Å². The Labute approximate surface area is 100 Å². The number of hydrogen-bond donors (Lipinski definition) is 2. The SMILES string of the molecule is CCCN(CC(=O)O)Cc1cnn(CCO)c1. The summed E-state index contributed by atoms with van der Waals surface area (Å²) in [4.78, 5) is 12.6. The second kappa shape index (κ2) is 7.03. The summed E-state index contributed by atoms with van der Waals surface area (Å²) in [5.41, 5.74) is 0.966. The molecule has 0 aliphatic carbocycles. The van der Waals surface area contributed by atoms with Gasteiger partial charge in [0.05, 0.1) is 25.9 Å². The fourth-order valence-electron chi connectivity index (χ4n) is 1.69. The summed E-state index contributed by atoms with van der Waals surface area (Å²) in [6.07, 6.45) is 4.46. The van der Waals surface area contributed by atoms with Crippen LogP contribution in [0.1, 0.15) is 18.9 Å². The molecule has 96 valence electrons. The minimum absolute atomic E-state index is 0.0407. The predicted molar refractivity (Wildman–Crippen MR) is 62.5 cm³/mol. The summed E-state index contributed by atoms with van der Waals surface area (Å²) in [6, 6.07) is 0. The van der Waals surface area contributed by atoms with E-state index >= 15 is 0 Å². The summed E-state index contributed by atoms with van der Waals surface area (Å²) in [6.45, 7) is 3.90. The Bertz CT molecular complexity index is 351. The maximum absolute atomic E-state index is 10.7. The zero-order valence-corrected chi connectivity index (χ0v) is 10.0. The summed E-state index contributed by atoms with van der Waals surface area (Å²) in [7, 11) is 0. The van der Waals surface area contributed by atoms with Gasteiger partial charge in [-0.15, -0.1) is 0 Å². The number of rotatable bonds is 8. The zero-order chi connectivity index (χ0) is 12.7. The Morgan fingerprint density at radius 1 is 1.59 bits per heavy atom. The summed E-state index contributed by atoms with van der Waals surface area (Å²) >= 11 is 0. The first-order valence-electron chi connectivity index (χ1n) is 5.72. The molecule has 0 radical (unpaired) electrons. The van der Waals surface area contributed by atoms with E-state index in [2.05, 4.69) is 5.10 Å². The Morgan fingerprint density at radius 2 is 2.35 bits per heavy atom. The highest BCUT2D eigenvalue weighted by Crippen LogP contribution is 2.04. The lowest BCUT2D eigenvalue weighted by molar-refractivity contribution is -0.138. The topological polar surface area (TPSA) is 78.6 Å². The van der Waals surface area contributed by atoms with E-state index in [9.17, 15) is 4.79 Å². The van der Waals surface area contributed by atoms with Crippen LogP contribution >= 0.6 is 0 Å². The third kappa shape index (κ3) is 4.97. The first-order chi connectivity index (χ1) is 8.15. The van der Waals surface area contributed by atoms with E-state index in [1.807, 2.05) is 18.0 Å². The summed E-state index contributed by atoms with van der Waals surface area (Å²) in [5, 5.41) is 21.6. The van der Waals surface area contributed by atoms with Gasteiger partial charge >= 0.3 is 5.97 Å². The number of aliphatic hydroxyl groups is 1. The fraction of sp³-hybridized carbons (Fsp3) is 0.636. The Morgan fingerprint density at radius 3 is 2.94 bits per heavy atom. The van der Waals surface area contributed by atoms with Crippen molar-refractivity contribution in [2.24, 2.45) is 0 Å². The molecule has 0 saturated carbocycles. The maximum Gasteiger partial charge on any atom is 0.317 e. The summed E-state index contributed by atoms with van der Waals surface area (Å²) in [5.74, 6) is -0.818.